The molecule has 0 unspecified atom stereocenters. The molecule has 2 aromatic rings. The van der Waals surface area contributed by atoms with Crippen LogP contribution in [-0.4, -0.2) is 43.0 Å². The van der Waals surface area contributed by atoms with Gasteiger partial charge in [-0.2, -0.15) is 0 Å². The zero-order valence-electron chi connectivity index (χ0n) is 19.1. The van der Waals surface area contributed by atoms with Crippen molar-refractivity contribution in [2.45, 2.75) is 40.5 Å². The highest BCUT2D eigenvalue weighted by Gasteiger charge is 2.14. The number of benzene rings is 2. The van der Waals surface area contributed by atoms with Crippen molar-refractivity contribution in [1.82, 2.24) is 4.90 Å². The highest BCUT2D eigenvalue weighted by Crippen LogP contribution is 2.18. The van der Waals surface area contributed by atoms with Crippen LogP contribution in [0.1, 0.15) is 50.9 Å². The van der Waals surface area contributed by atoms with Crippen molar-refractivity contribution in [2.24, 2.45) is 5.92 Å². The van der Waals surface area contributed by atoms with Crippen LogP contribution in [0, 0.1) is 5.92 Å². The first-order valence-electron chi connectivity index (χ1n) is 11.1. The van der Waals surface area contributed by atoms with Crippen LogP contribution >= 0.6 is 0 Å². The average Bonchev–Trinajstić information content (AvgIpc) is 2.76. The largest absolute Gasteiger partial charge is 0.493 e. The minimum Gasteiger partial charge on any atom is -0.493 e. The summed E-state index contributed by atoms with van der Waals surface area (Å²) < 4.78 is 5.72. The van der Waals surface area contributed by atoms with E-state index in [4.69, 9.17) is 4.74 Å². The van der Waals surface area contributed by atoms with Gasteiger partial charge in [0.15, 0.2) is 0 Å². The molecule has 0 aliphatic rings. The SMILES string of the molecule is CCCN(CCC)C(=O)c1ccc(NC(=O)CNc2cccc(OCC(C)C)c2)cc1. The van der Waals surface area contributed by atoms with Gasteiger partial charge < -0.3 is 20.3 Å². The van der Waals surface area contributed by atoms with Crippen LogP contribution in [0.15, 0.2) is 48.5 Å². The molecule has 0 aliphatic heterocycles. The molecule has 168 valence electrons. The number of anilines is 2. The van der Waals surface area contributed by atoms with Crippen molar-refractivity contribution in [3.63, 3.8) is 0 Å². The van der Waals surface area contributed by atoms with Gasteiger partial charge in [0.25, 0.3) is 5.91 Å². The fourth-order valence-corrected chi connectivity index (χ4v) is 3.08. The Morgan fingerprint density at radius 2 is 1.65 bits per heavy atom. The smallest absolute Gasteiger partial charge is 0.253 e. The van der Waals surface area contributed by atoms with Crippen molar-refractivity contribution in [2.75, 3.05) is 36.9 Å². The number of carbonyl (C=O) groups is 2. The summed E-state index contributed by atoms with van der Waals surface area (Å²) in [5.41, 5.74) is 2.12. The average molecular weight is 426 g/mol. The number of rotatable bonds is 12. The van der Waals surface area contributed by atoms with Gasteiger partial charge in [-0.25, -0.2) is 0 Å². The van der Waals surface area contributed by atoms with Gasteiger partial charge in [0.05, 0.1) is 13.2 Å². The van der Waals surface area contributed by atoms with E-state index in [9.17, 15) is 9.59 Å². The van der Waals surface area contributed by atoms with Gasteiger partial charge in [0.2, 0.25) is 5.91 Å². The predicted molar refractivity (Wildman–Crippen MR) is 127 cm³/mol. The number of nitrogens with zero attached hydrogens (tertiary/aromatic N) is 1. The molecule has 0 spiro atoms. The first-order chi connectivity index (χ1) is 14.9. The van der Waals surface area contributed by atoms with Crippen molar-refractivity contribution in [1.29, 1.82) is 0 Å². The number of carbonyl (C=O) groups excluding carboxylic acids is 2. The molecule has 2 rings (SSSR count). The second-order valence-corrected chi connectivity index (χ2v) is 8.00. The molecule has 2 amide bonds. The molecule has 6 nitrogen and oxygen atoms in total. The molecule has 0 atom stereocenters. The Morgan fingerprint density at radius 1 is 0.968 bits per heavy atom. The lowest BCUT2D eigenvalue weighted by atomic mass is 10.1. The molecular formula is C25H35N3O3. The maximum atomic E-state index is 12.6. The van der Waals surface area contributed by atoms with Gasteiger partial charge in [0.1, 0.15) is 5.75 Å². The van der Waals surface area contributed by atoms with E-state index in [1.807, 2.05) is 29.2 Å². The lowest BCUT2D eigenvalue weighted by Crippen LogP contribution is -2.32. The molecule has 0 aromatic heterocycles. The van der Waals surface area contributed by atoms with Crippen LogP contribution in [0.3, 0.4) is 0 Å². The topological polar surface area (TPSA) is 70.7 Å². The maximum absolute atomic E-state index is 12.6. The summed E-state index contributed by atoms with van der Waals surface area (Å²) in [4.78, 5) is 26.8. The second-order valence-electron chi connectivity index (χ2n) is 8.00. The first kappa shape index (κ1) is 24.3. The summed E-state index contributed by atoms with van der Waals surface area (Å²) >= 11 is 0. The molecule has 6 heteroatoms. The van der Waals surface area contributed by atoms with Crippen LogP contribution in [0.5, 0.6) is 5.75 Å². The molecular weight excluding hydrogens is 390 g/mol. The van der Waals surface area contributed by atoms with E-state index in [2.05, 4.69) is 38.3 Å². The number of hydrogen-bond donors (Lipinski definition) is 2. The molecule has 2 N–H and O–H groups in total. The Kier molecular flexibility index (Phi) is 9.88. The minimum absolute atomic E-state index is 0.0304. The van der Waals surface area contributed by atoms with Crippen LogP contribution in [0.2, 0.25) is 0 Å². The van der Waals surface area contributed by atoms with Crippen LogP contribution in [-0.2, 0) is 4.79 Å². The molecule has 0 radical (unpaired) electrons. The van der Waals surface area contributed by atoms with Gasteiger partial charge in [0, 0.05) is 36.1 Å². The number of ether oxygens (including phenoxy) is 1. The van der Waals surface area contributed by atoms with Crippen LogP contribution in [0.4, 0.5) is 11.4 Å². The first-order valence-corrected chi connectivity index (χ1v) is 11.1. The predicted octanol–water partition coefficient (Wildman–Crippen LogP) is 5.03. The minimum atomic E-state index is -0.161. The molecule has 0 saturated carbocycles. The number of nitrogens with one attached hydrogen (secondary N) is 2. The van der Waals surface area contributed by atoms with Crippen molar-refractivity contribution in [3.05, 3.63) is 54.1 Å². The monoisotopic (exact) mass is 425 g/mol. The van der Waals surface area contributed by atoms with Gasteiger partial charge in [-0.1, -0.05) is 33.8 Å². The standard InChI is InChI=1S/C25H35N3O3/c1-5-14-28(15-6-2)25(30)20-10-12-21(13-11-20)27-24(29)17-26-22-8-7-9-23(16-22)31-18-19(3)4/h7-13,16,19,26H,5-6,14-15,17-18H2,1-4H3,(H,27,29). The summed E-state index contributed by atoms with van der Waals surface area (Å²) in [5.74, 6) is 1.10. The number of hydrogen-bond acceptors (Lipinski definition) is 4. The fraction of sp³-hybridized carbons (Fsp3) is 0.440. The molecule has 2 aromatic carbocycles. The lowest BCUT2D eigenvalue weighted by Gasteiger charge is -2.21. The Labute approximate surface area is 186 Å². The zero-order valence-corrected chi connectivity index (χ0v) is 19.1. The Balaban J connectivity index is 1.87. The van der Waals surface area contributed by atoms with Crippen molar-refractivity contribution < 1.29 is 14.3 Å². The lowest BCUT2D eigenvalue weighted by molar-refractivity contribution is -0.114. The van der Waals surface area contributed by atoms with Crippen molar-refractivity contribution in [3.8, 4) is 5.75 Å². The fourth-order valence-electron chi connectivity index (χ4n) is 3.08. The molecule has 0 bridgehead atoms. The summed E-state index contributed by atoms with van der Waals surface area (Å²) in [7, 11) is 0. The normalized spacial score (nSPS) is 10.6. The summed E-state index contributed by atoms with van der Waals surface area (Å²) in [5, 5.41) is 5.97. The molecule has 31 heavy (non-hydrogen) atoms. The van der Waals surface area contributed by atoms with Crippen LogP contribution in [0.25, 0.3) is 0 Å². The molecule has 0 fully saturated rings. The van der Waals surface area contributed by atoms with Gasteiger partial charge >= 0.3 is 0 Å². The summed E-state index contributed by atoms with van der Waals surface area (Å²) in [6, 6.07) is 14.6. The third-order valence-electron chi connectivity index (χ3n) is 4.56. The molecule has 0 aliphatic carbocycles. The van der Waals surface area contributed by atoms with E-state index in [0.717, 1.165) is 37.4 Å². The van der Waals surface area contributed by atoms with E-state index in [1.54, 1.807) is 24.3 Å². The Bertz CT molecular complexity index is 828. The van der Waals surface area contributed by atoms with E-state index in [0.29, 0.717) is 23.8 Å². The highest BCUT2D eigenvalue weighted by molar-refractivity contribution is 5.96. The van der Waals surface area contributed by atoms with Crippen LogP contribution < -0.4 is 15.4 Å². The third kappa shape index (κ3) is 8.32. The van der Waals surface area contributed by atoms with Gasteiger partial charge in [-0.15, -0.1) is 0 Å². The maximum Gasteiger partial charge on any atom is 0.253 e. The zero-order chi connectivity index (χ0) is 22.6. The van der Waals surface area contributed by atoms with E-state index >= 15 is 0 Å². The number of amides is 2. The quantitative estimate of drug-likeness (QED) is 0.500. The van der Waals surface area contributed by atoms with Gasteiger partial charge in [-0.3, -0.25) is 9.59 Å². The van der Waals surface area contributed by atoms with Crippen molar-refractivity contribution >= 4 is 23.2 Å². The van der Waals surface area contributed by atoms with E-state index < -0.39 is 0 Å². The third-order valence-corrected chi connectivity index (χ3v) is 4.56. The van der Waals surface area contributed by atoms with E-state index in [-0.39, 0.29) is 18.4 Å². The summed E-state index contributed by atoms with van der Waals surface area (Å²) in [6.07, 6.45) is 1.86. The Hall–Kier alpha value is -3.02. The second kappa shape index (κ2) is 12.6. The Morgan fingerprint density at radius 3 is 2.26 bits per heavy atom. The summed E-state index contributed by atoms with van der Waals surface area (Å²) in [6.45, 7) is 10.6. The van der Waals surface area contributed by atoms with E-state index in [1.165, 1.54) is 0 Å². The molecule has 0 saturated heterocycles. The van der Waals surface area contributed by atoms with Gasteiger partial charge in [-0.05, 0) is 55.2 Å². The highest BCUT2D eigenvalue weighted by atomic mass is 16.5. The molecule has 0 heterocycles.